The number of hydrogen-bond acceptors (Lipinski definition) is 4. The first-order valence-electron chi connectivity index (χ1n) is 5.99. The van der Waals surface area contributed by atoms with E-state index >= 15 is 0 Å². The highest BCUT2D eigenvalue weighted by Crippen LogP contribution is 2.19. The molecule has 0 saturated carbocycles. The zero-order chi connectivity index (χ0) is 14.3. The van der Waals surface area contributed by atoms with Crippen LogP contribution in [0.3, 0.4) is 0 Å². The first-order chi connectivity index (χ1) is 9.04. The number of nitrogens with one attached hydrogen (secondary N) is 2. The Morgan fingerprint density at radius 1 is 1.37 bits per heavy atom. The van der Waals surface area contributed by atoms with Gasteiger partial charge in [0, 0.05) is 0 Å². The fourth-order valence-corrected chi connectivity index (χ4v) is 1.54. The summed E-state index contributed by atoms with van der Waals surface area (Å²) >= 11 is 5.91. The molecule has 1 aromatic carbocycles. The van der Waals surface area contributed by atoms with Crippen molar-refractivity contribution in [1.82, 2.24) is 5.32 Å². The highest BCUT2D eigenvalue weighted by molar-refractivity contribution is 6.33. The summed E-state index contributed by atoms with van der Waals surface area (Å²) in [5.41, 5.74) is 0.541. The molecule has 1 aromatic rings. The maximum Gasteiger partial charge on any atom is 0.322 e. The lowest BCUT2D eigenvalue weighted by Gasteiger charge is -2.12. The molecule has 104 valence electrons. The molecule has 0 aromatic heterocycles. The summed E-state index contributed by atoms with van der Waals surface area (Å²) in [5, 5.41) is 5.89. The van der Waals surface area contributed by atoms with Gasteiger partial charge in [-0.3, -0.25) is 14.9 Å². The van der Waals surface area contributed by atoms with Crippen LogP contribution in [0.2, 0.25) is 5.02 Å². The molecule has 1 atom stereocenters. The van der Waals surface area contributed by atoms with E-state index < -0.39 is 6.04 Å². The second-order valence-corrected chi connectivity index (χ2v) is 4.29. The molecular weight excluding hydrogens is 268 g/mol. The van der Waals surface area contributed by atoms with Gasteiger partial charge in [0.15, 0.2) is 0 Å². The van der Waals surface area contributed by atoms with Crippen molar-refractivity contribution in [1.29, 1.82) is 0 Å². The Balaban J connectivity index is 2.40. The molecule has 0 fully saturated rings. The van der Waals surface area contributed by atoms with Crippen LogP contribution in [0.15, 0.2) is 24.3 Å². The largest absolute Gasteiger partial charge is 0.465 e. The van der Waals surface area contributed by atoms with E-state index in [1.165, 1.54) is 0 Å². The molecular formula is C13H17ClN2O3. The normalized spacial score (nSPS) is 11.7. The Bertz CT molecular complexity index is 451. The highest BCUT2D eigenvalue weighted by Gasteiger charge is 2.14. The van der Waals surface area contributed by atoms with Gasteiger partial charge in [0.2, 0.25) is 5.91 Å². The molecule has 0 aliphatic carbocycles. The van der Waals surface area contributed by atoms with Crippen molar-refractivity contribution < 1.29 is 14.3 Å². The van der Waals surface area contributed by atoms with E-state index in [2.05, 4.69) is 10.6 Å². The Kier molecular flexibility index (Phi) is 6.32. The van der Waals surface area contributed by atoms with Gasteiger partial charge < -0.3 is 10.1 Å². The maximum atomic E-state index is 11.7. The third kappa shape index (κ3) is 5.28. The van der Waals surface area contributed by atoms with Crippen LogP contribution in [0.1, 0.15) is 13.8 Å². The Morgan fingerprint density at radius 3 is 2.68 bits per heavy atom. The summed E-state index contributed by atoms with van der Waals surface area (Å²) in [4.78, 5) is 23.0. The average Bonchev–Trinajstić information content (AvgIpc) is 2.39. The van der Waals surface area contributed by atoms with E-state index in [4.69, 9.17) is 16.3 Å². The first kappa shape index (κ1) is 15.5. The van der Waals surface area contributed by atoms with Crippen LogP contribution in [-0.4, -0.2) is 31.1 Å². The van der Waals surface area contributed by atoms with Crippen molar-refractivity contribution in [2.24, 2.45) is 0 Å². The molecule has 0 aliphatic heterocycles. The fraction of sp³-hybridized carbons (Fsp3) is 0.385. The minimum absolute atomic E-state index is 0.00516. The molecule has 19 heavy (non-hydrogen) atoms. The van der Waals surface area contributed by atoms with Crippen molar-refractivity contribution in [3.63, 3.8) is 0 Å². The van der Waals surface area contributed by atoms with E-state index in [-0.39, 0.29) is 18.4 Å². The van der Waals surface area contributed by atoms with Gasteiger partial charge in [0.05, 0.1) is 23.9 Å². The summed E-state index contributed by atoms with van der Waals surface area (Å²) in [6.07, 6.45) is 0. The molecule has 6 heteroatoms. The monoisotopic (exact) mass is 284 g/mol. The van der Waals surface area contributed by atoms with Crippen molar-refractivity contribution in [3.8, 4) is 0 Å². The summed E-state index contributed by atoms with van der Waals surface area (Å²) in [7, 11) is 0. The van der Waals surface area contributed by atoms with Gasteiger partial charge in [-0.15, -0.1) is 0 Å². The van der Waals surface area contributed by atoms with Crippen molar-refractivity contribution in [2.45, 2.75) is 19.9 Å². The van der Waals surface area contributed by atoms with Crippen LogP contribution in [0.4, 0.5) is 5.69 Å². The predicted molar refractivity (Wildman–Crippen MR) is 74.2 cm³/mol. The number of esters is 1. The van der Waals surface area contributed by atoms with Crippen molar-refractivity contribution >= 4 is 29.2 Å². The lowest BCUT2D eigenvalue weighted by atomic mass is 10.3. The smallest absolute Gasteiger partial charge is 0.322 e. The molecule has 2 N–H and O–H groups in total. The number of ether oxygens (including phenoxy) is 1. The van der Waals surface area contributed by atoms with Gasteiger partial charge in [-0.1, -0.05) is 23.7 Å². The Labute approximate surface area is 117 Å². The molecule has 0 saturated heterocycles. The van der Waals surface area contributed by atoms with E-state index in [0.717, 1.165) is 0 Å². The van der Waals surface area contributed by atoms with Crippen LogP contribution in [0.5, 0.6) is 0 Å². The number of carbonyl (C=O) groups is 2. The Hall–Kier alpha value is -1.59. The number of carbonyl (C=O) groups excluding carboxylic acids is 2. The molecule has 0 bridgehead atoms. The maximum absolute atomic E-state index is 11.7. The standard InChI is InChI=1S/C13H17ClN2O3/c1-3-19-13(18)9(2)15-8-12(17)16-11-7-5-4-6-10(11)14/h4-7,9,15H,3,8H2,1-2H3,(H,16,17). The lowest BCUT2D eigenvalue weighted by Crippen LogP contribution is -2.40. The summed E-state index contributed by atoms with van der Waals surface area (Å²) < 4.78 is 4.82. The van der Waals surface area contributed by atoms with Crippen molar-refractivity contribution in [3.05, 3.63) is 29.3 Å². The number of anilines is 1. The molecule has 1 amide bonds. The van der Waals surface area contributed by atoms with Crippen LogP contribution in [-0.2, 0) is 14.3 Å². The van der Waals surface area contributed by atoms with Gasteiger partial charge in [-0.25, -0.2) is 0 Å². The number of rotatable bonds is 6. The SMILES string of the molecule is CCOC(=O)C(C)NCC(=O)Nc1ccccc1Cl. The predicted octanol–water partition coefficient (Wildman–Crippen LogP) is 1.82. The van der Waals surface area contributed by atoms with E-state index in [9.17, 15) is 9.59 Å². The third-order valence-electron chi connectivity index (χ3n) is 2.36. The minimum Gasteiger partial charge on any atom is -0.465 e. The number of hydrogen-bond donors (Lipinski definition) is 2. The summed E-state index contributed by atoms with van der Waals surface area (Å²) in [6.45, 7) is 3.69. The quantitative estimate of drug-likeness (QED) is 0.782. The second-order valence-electron chi connectivity index (χ2n) is 3.88. The number of amides is 1. The molecule has 5 nitrogen and oxygen atoms in total. The number of para-hydroxylation sites is 1. The molecule has 0 aliphatic rings. The number of benzene rings is 1. The van der Waals surface area contributed by atoms with Gasteiger partial charge >= 0.3 is 5.97 Å². The molecule has 0 heterocycles. The van der Waals surface area contributed by atoms with Gasteiger partial charge in [0.25, 0.3) is 0 Å². The van der Waals surface area contributed by atoms with E-state index in [1.54, 1.807) is 38.1 Å². The number of halogens is 1. The van der Waals surface area contributed by atoms with Crippen LogP contribution < -0.4 is 10.6 Å². The van der Waals surface area contributed by atoms with Crippen LogP contribution in [0, 0.1) is 0 Å². The van der Waals surface area contributed by atoms with Gasteiger partial charge in [-0.05, 0) is 26.0 Å². The first-order valence-corrected chi connectivity index (χ1v) is 6.36. The zero-order valence-corrected chi connectivity index (χ0v) is 11.7. The molecule has 1 rings (SSSR count). The molecule has 0 radical (unpaired) electrons. The third-order valence-corrected chi connectivity index (χ3v) is 2.69. The van der Waals surface area contributed by atoms with Gasteiger partial charge in [0.1, 0.15) is 6.04 Å². The topological polar surface area (TPSA) is 67.4 Å². The van der Waals surface area contributed by atoms with Crippen LogP contribution >= 0.6 is 11.6 Å². The van der Waals surface area contributed by atoms with Crippen molar-refractivity contribution in [2.75, 3.05) is 18.5 Å². The van der Waals surface area contributed by atoms with Gasteiger partial charge in [-0.2, -0.15) is 0 Å². The summed E-state index contributed by atoms with van der Waals surface area (Å²) in [5.74, 6) is -0.655. The molecule has 0 spiro atoms. The van der Waals surface area contributed by atoms with Crippen LogP contribution in [0.25, 0.3) is 0 Å². The average molecular weight is 285 g/mol. The zero-order valence-electron chi connectivity index (χ0n) is 10.9. The van der Waals surface area contributed by atoms with E-state index in [0.29, 0.717) is 17.3 Å². The minimum atomic E-state index is -0.531. The Morgan fingerprint density at radius 2 is 2.05 bits per heavy atom. The highest BCUT2D eigenvalue weighted by atomic mass is 35.5. The summed E-state index contributed by atoms with van der Waals surface area (Å²) in [6, 6.07) is 6.41. The lowest BCUT2D eigenvalue weighted by molar-refractivity contribution is -0.145. The fourth-order valence-electron chi connectivity index (χ4n) is 1.35. The van der Waals surface area contributed by atoms with E-state index in [1.807, 2.05) is 0 Å². The molecule has 1 unspecified atom stereocenters. The second kappa shape index (κ2) is 7.76.